The van der Waals surface area contributed by atoms with Gasteiger partial charge in [-0.15, -0.1) is 0 Å². The van der Waals surface area contributed by atoms with Crippen molar-refractivity contribution in [1.29, 1.82) is 0 Å². The smallest absolute Gasteiger partial charge is 0.0707 e. The molecule has 0 bridgehead atoms. The summed E-state index contributed by atoms with van der Waals surface area (Å²) in [5.74, 6) is 0. The van der Waals surface area contributed by atoms with Crippen molar-refractivity contribution in [3.63, 3.8) is 0 Å². The summed E-state index contributed by atoms with van der Waals surface area (Å²) < 4.78 is 0. The molecule has 1 aliphatic rings. The Balaban J connectivity index is 2.44. The quantitative estimate of drug-likeness (QED) is 0.434. The Morgan fingerprint density at radius 3 is 2.23 bits per heavy atom. The number of allylic oxidation sites excluding steroid dienone is 11. The van der Waals surface area contributed by atoms with Gasteiger partial charge in [-0.2, -0.15) is 0 Å². The average Bonchev–Trinajstić information content (AvgIpc) is 2.99. The molecule has 0 saturated carbocycles. The highest BCUT2D eigenvalue weighted by Gasteiger charge is 2.46. The van der Waals surface area contributed by atoms with E-state index in [0.717, 1.165) is 5.57 Å². The predicted octanol–water partition coefficient (Wildman–Crippen LogP) is 8.28. The van der Waals surface area contributed by atoms with Crippen LogP contribution in [0.1, 0.15) is 49.9 Å². The summed E-state index contributed by atoms with van der Waals surface area (Å²) in [6, 6.07) is 17.8. The van der Waals surface area contributed by atoms with Crippen molar-refractivity contribution in [2.75, 3.05) is 0 Å². The number of hydrogen-bond donors (Lipinski definition) is 0. The summed E-state index contributed by atoms with van der Waals surface area (Å²) >= 11 is 0. The van der Waals surface area contributed by atoms with Crippen LogP contribution < -0.4 is 0 Å². The first-order chi connectivity index (χ1) is 14.5. The van der Waals surface area contributed by atoms with Gasteiger partial charge in [0.25, 0.3) is 0 Å². The maximum Gasteiger partial charge on any atom is 0.0707 e. The summed E-state index contributed by atoms with van der Waals surface area (Å²) in [6.45, 7) is 14.7. The Bertz CT molecular complexity index is 1080. The number of aryl methyl sites for hydroxylation is 1. The van der Waals surface area contributed by atoms with Crippen LogP contribution in [0.25, 0.3) is 5.57 Å². The van der Waals surface area contributed by atoms with Gasteiger partial charge in [-0.25, -0.2) is 0 Å². The van der Waals surface area contributed by atoms with E-state index in [1.165, 1.54) is 39.0 Å². The third kappa shape index (κ3) is 3.71. The molecule has 1 aliphatic carbocycles. The van der Waals surface area contributed by atoms with Gasteiger partial charge in [-0.3, -0.25) is 0 Å². The van der Waals surface area contributed by atoms with E-state index in [1.807, 2.05) is 6.92 Å². The zero-order valence-corrected chi connectivity index (χ0v) is 18.9. The van der Waals surface area contributed by atoms with E-state index >= 15 is 0 Å². The summed E-state index contributed by atoms with van der Waals surface area (Å²) in [4.78, 5) is 0. The molecule has 1 atom stereocenters. The van der Waals surface area contributed by atoms with Crippen molar-refractivity contribution in [3.05, 3.63) is 137 Å². The second kappa shape index (κ2) is 9.13. The van der Waals surface area contributed by atoms with Gasteiger partial charge in [0, 0.05) is 0 Å². The Morgan fingerprint density at radius 2 is 1.60 bits per heavy atom. The molecule has 30 heavy (non-hydrogen) atoms. The van der Waals surface area contributed by atoms with Gasteiger partial charge in [0.2, 0.25) is 0 Å². The maximum absolute atomic E-state index is 4.08. The molecule has 0 amide bonds. The van der Waals surface area contributed by atoms with Crippen molar-refractivity contribution >= 4 is 5.57 Å². The largest absolute Gasteiger partial charge is 0.0961 e. The zero-order valence-electron chi connectivity index (χ0n) is 18.9. The van der Waals surface area contributed by atoms with Crippen LogP contribution in [-0.2, 0) is 5.41 Å². The van der Waals surface area contributed by atoms with E-state index in [9.17, 15) is 0 Å². The van der Waals surface area contributed by atoms with Gasteiger partial charge in [0.15, 0.2) is 0 Å². The fraction of sp³-hybridized carbons (Fsp3) is 0.200. The van der Waals surface area contributed by atoms with Gasteiger partial charge >= 0.3 is 0 Å². The van der Waals surface area contributed by atoms with Crippen LogP contribution in [0.4, 0.5) is 0 Å². The van der Waals surface area contributed by atoms with Crippen LogP contribution in [0.5, 0.6) is 0 Å². The average molecular weight is 393 g/mol. The van der Waals surface area contributed by atoms with Crippen molar-refractivity contribution in [3.8, 4) is 0 Å². The molecule has 0 fully saturated rings. The monoisotopic (exact) mass is 392 g/mol. The molecule has 0 radical (unpaired) electrons. The van der Waals surface area contributed by atoms with Gasteiger partial charge in [-0.1, -0.05) is 109 Å². The fourth-order valence-electron chi connectivity index (χ4n) is 4.48. The third-order valence-electron chi connectivity index (χ3n) is 5.89. The Labute approximate surface area is 182 Å². The Morgan fingerprint density at radius 1 is 0.900 bits per heavy atom. The molecule has 2 aromatic rings. The minimum Gasteiger partial charge on any atom is -0.0961 e. The van der Waals surface area contributed by atoms with Gasteiger partial charge in [0.1, 0.15) is 0 Å². The molecule has 0 nitrogen and oxygen atoms in total. The molecule has 152 valence electrons. The molecule has 0 heterocycles. The van der Waals surface area contributed by atoms with E-state index in [4.69, 9.17) is 0 Å². The summed E-state index contributed by atoms with van der Waals surface area (Å²) in [5, 5.41) is 0. The fourth-order valence-corrected chi connectivity index (χ4v) is 4.48. The molecule has 3 rings (SSSR count). The van der Waals surface area contributed by atoms with Crippen LogP contribution in [0.2, 0.25) is 0 Å². The lowest BCUT2D eigenvalue weighted by Gasteiger charge is -2.36. The number of benzene rings is 2. The van der Waals surface area contributed by atoms with Gasteiger partial charge < -0.3 is 0 Å². The first kappa shape index (κ1) is 21.6. The number of fused-ring (bicyclic) bond motifs is 1. The van der Waals surface area contributed by atoms with Crippen LogP contribution in [-0.4, -0.2) is 0 Å². The highest BCUT2D eigenvalue weighted by molar-refractivity contribution is 5.87. The molecule has 0 spiro atoms. The van der Waals surface area contributed by atoms with Crippen molar-refractivity contribution in [2.45, 2.75) is 40.0 Å². The molecule has 2 aromatic carbocycles. The summed E-state index contributed by atoms with van der Waals surface area (Å²) in [5.41, 5.74) is 9.83. The first-order valence-electron chi connectivity index (χ1n) is 10.6. The molecule has 0 aromatic heterocycles. The highest BCUT2D eigenvalue weighted by Crippen LogP contribution is 2.55. The molecule has 0 saturated heterocycles. The third-order valence-corrected chi connectivity index (χ3v) is 5.89. The molecule has 0 N–H and O–H groups in total. The van der Waals surface area contributed by atoms with E-state index < -0.39 is 0 Å². The minimum absolute atomic E-state index is 0.354. The number of rotatable bonds is 6. The molecular weight excluding hydrogens is 360 g/mol. The molecular formula is C30H32. The van der Waals surface area contributed by atoms with Crippen LogP contribution in [0.3, 0.4) is 0 Å². The lowest BCUT2D eigenvalue weighted by Crippen LogP contribution is -2.30. The van der Waals surface area contributed by atoms with E-state index in [0.29, 0.717) is 0 Å². The first-order valence-corrected chi connectivity index (χ1v) is 10.6. The summed E-state index contributed by atoms with van der Waals surface area (Å²) in [6.07, 6.45) is 15.2. The SMILES string of the molecule is C=C(C)/C=C\C(=C/C)C1(c2ccc(C)cc2)C(/C=C\C=C/C)=C(C)c2ccccc21. The van der Waals surface area contributed by atoms with Gasteiger partial charge in [-0.05, 0) is 68.0 Å². The topological polar surface area (TPSA) is 0 Å². The lowest BCUT2D eigenvalue weighted by molar-refractivity contribution is 0.757. The van der Waals surface area contributed by atoms with Crippen LogP contribution >= 0.6 is 0 Å². The number of hydrogen-bond acceptors (Lipinski definition) is 0. The van der Waals surface area contributed by atoms with E-state index in [2.05, 4.69) is 125 Å². The highest BCUT2D eigenvalue weighted by atomic mass is 14.5. The van der Waals surface area contributed by atoms with E-state index in [1.54, 1.807) is 0 Å². The van der Waals surface area contributed by atoms with Crippen molar-refractivity contribution in [1.82, 2.24) is 0 Å². The van der Waals surface area contributed by atoms with Crippen LogP contribution in [0, 0.1) is 6.92 Å². The lowest BCUT2D eigenvalue weighted by atomic mass is 9.66. The van der Waals surface area contributed by atoms with Crippen LogP contribution in [0.15, 0.2) is 114 Å². The second-order valence-electron chi connectivity index (χ2n) is 8.01. The van der Waals surface area contributed by atoms with Crippen molar-refractivity contribution < 1.29 is 0 Å². The zero-order chi connectivity index (χ0) is 21.7. The molecule has 1 unspecified atom stereocenters. The normalized spacial score (nSPS) is 19.4. The Kier molecular flexibility index (Phi) is 6.57. The standard InChI is InChI=1S/C30H32/c1-7-9-10-14-28-24(6)27-13-11-12-15-29(27)30(28,25(8-2)19-16-22(3)4)26-20-17-23(5)18-21-26/h7-21H,3H2,1-2,4-6H3/b9-7-,14-10-,19-16-,25-8+. The Hall–Kier alpha value is -3.12. The van der Waals surface area contributed by atoms with Crippen molar-refractivity contribution in [2.24, 2.45) is 0 Å². The predicted molar refractivity (Wildman–Crippen MR) is 133 cm³/mol. The minimum atomic E-state index is -0.354. The second-order valence-corrected chi connectivity index (χ2v) is 8.01. The molecule has 0 heteroatoms. The summed E-state index contributed by atoms with van der Waals surface area (Å²) in [7, 11) is 0. The maximum atomic E-state index is 4.08. The molecule has 0 aliphatic heterocycles. The van der Waals surface area contributed by atoms with Gasteiger partial charge in [0.05, 0.1) is 5.41 Å². The van der Waals surface area contributed by atoms with E-state index in [-0.39, 0.29) is 5.41 Å².